The molecule has 0 aliphatic carbocycles. The molecule has 0 N–H and O–H groups in total. The number of hydrogen-bond donors (Lipinski definition) is 0. The van der Waals surface area contributed by atoms with Crippen LogP contribution in [0.5, 0.6) is 5.75 Å². The highest BCUT2D eigenvalue weighted by molar-refractivity contribution is 5.85. The molecule has 2 aliphatic rings. The third kappa shape index (κ3) is 4.55. The van der Waals surface area contributed by atoms with E-state index in [1.807, 2.05) is 30.7 Å². The SMILES string of the molecule is CCc1cnc(N2CCC(Oc3ccc(-n4ccc5cc(N6CCCC6)ccc54)nc3)CC2)nc1. The van der Waals surface area contributed by atoms with Gasteiger partial charge >= 0.3 is 0 Å². The van der Waals surface area contributed by atoms with Gasteiger partial charge < -0.3 is 19.1 Å². The van der Waals surface area contributed by atoms with Gasteiger partial charge in [0.05, 0.1) is 11.7 Å². The Hall–Kier alpha value is -3.61. The van der Waals surface area contributed by atoms with Gasteiger partial charge in [-0.1, -0.05) is 6.92 Å². The van der Waals surface area contributed by atoms with Crippen molar-refractivity contribution in [1.29, 1.82) is 0 Å². The minimum Gasteiger partial charge on any atom is -0.489 e. The molecular weight excluding hydrogens is 436 g/mol. The number of hydrogen-bond acceptors (Lipinski definition) is 6. The monoisotopic (exact) mass is 468 g/mol. The van der Waals surface area contributed by atoms with E-state index in [0.717, 1.165) is 63.0 Å². The second-order valence-electron chi connectivity index (χ2n) is 9.52. The van der Waals surface area contributed by atoms with Crippen LogP contribution in [-0.2, 0) is 6.42 Å². The number of rotatable bonds is 6. The van der Waals surface area contributed by atoms with Crippen molar-refractivity contribution < 1.29 is 4.74 Å². The van der Waals surface area contributed by atoms with Crippen molar-refractivity contribution in [2.24, 2.45) is 0 Å². The Labute approximate surface area is 206 Å². The van der Waals surface area contributed by atoms with Gasteiger partial charge in [0.25, 0.3) is 0 Å². The van der Waals surface area contributed by atoms with Crippen LogP contribution in [-0.4, -0.2) is 51.8 Å². The van der Waals surface area contributed by atoms with Gasteiger partial charge in [0.15, 0.2) is 0 Å². The molecule has 3 aromatic heterocycles. The number of ether oxygens (including phenoxy) is 1. The van der Waals surface area contributed by atoms with Crippen LogP contribution in [0.3, 0.4) is 0 Å². The van der Waals surface area contributed by atoms with Crippen LogP contribution in [0.2, 0.25) is 0 Å². The maximum Gasteiger partial charge on any atom is 0.225 e. The Morgan fingerprint density at radius 3 is 2.37 bits per heavy atom. The van der Waals surface area contributed by atoms with Gasteiger partial charge in [0.1, 0.15) is 17.7 Å². The van der Waals surface area contributed by atoms with Crippen LogP contribution in [0.15, 0.2) is 61.2 Å². The Morgan fingerprint density at radius 1 is 0.857 bits per heavy atom. The Bertz CT molecular complexity index is 1270. The molecule has 2 fully saturated rings. The molecule has 0 bridgehead atoms. The van der Waals surface area contributed by atoms with Gasteiger partial charge in [-0.3, -0.25) is 0 Å². The first kappa shape index (κ1) is 21.9. The lowest BCUT2D eigenvalue weighted by Gasteiger charge is -2.32. The number of pyridine rings is 1. The van der Waals surface area contributed by atoms with Gasteiger partial charge in [0, 0.05) is 68.7 Å². The van der Waals surface area contributed by atoms with Crippen LogP contribution in [0, 0.1) is 0 Å². The summed E-state index contributed by atoms with van der Waals surface area (Å²) >= 11 is 0. The second-order valence-corrected chi connectivity index (χ2v) is 9.52. The molecule has 7 nitrogen and oxygen atoms in total. The quantitative estimate of drug-likeness (QED) is 0.396. The summed E-state index contributed by atoms with van der Waals surface area (Å²) < 4.78 is 8.41. The number of nitrogens with zero attached hydrogens (tertiary/aromatic N) is 6. The summed E-state index contributed by atoms with van der Waals surface area (Å²) in [6.45, 7) is 6.24. The van der Waals surface area contributed by atoms with Crippen LogP contribution < -0.4 is 14.5 Å². The van der Waals surface area contributed by atoms with E-state index in [2.05, 4.69) is 61.7 Å². The largest absolute Gasteiger partial charge is 0.489 e. The lowest BCUT2D eigenvalue weighted by Crippen LogP contribution is -2.39. The minimum atomic E-state index is 0.185. The van der Waals surface area contributed by atoms with Gasteiger partial charge in [-0.25, -0.2) is 15.0 Å². The molecule has 180 valence electrons. The molecule has 2 aliphatic heterocycles. The molecular formula is C28H32N6O. The van der Waals surface area contributed by atoms with Crippen molar-refractivity contribution in [3.8, 4) is 11.6 Å². The molecule has 6 rings (SSSR count). The fraction of sp³-hybridized carbons (Fsp3) is 0.393. The van der Waals surface area contributed by atoms with E-state index in [4.69, 9.17) is 9.72 Å². The highest BCUT2D eigenvalue weighted by Crippen LogP contribution is 2.28. The third-order valence-corrected chi connectivity index (χ3v) is 7.24. The molecule has 0 spiro atoms. The first-order valence-electron chi connectivity index (χ1n) is 12.8. The number of anilines is 2. The maximum absolute atomic E-state index is 6.26. The number of piperidine rings is 1. The zero-order chi connectivity index (χ0) is 23.6. The first-order chi connectivity index (χ1) is 17.3. The second kappa shape index (κ2) is 9.56. The fourth-order valence-corrected chi connectivity index (χ4v) is 5.15. The molecule has 0 unspecified atom stereocenters. The Kier molecular flexibility index (Phi) is 5.98. The Balaban J connectivity index is 1.09. The van der Waals surface area contributed by atoms with Crippen molar-refractivity contribution >= 4 is 22.5 Å². The van der Waals surface area contributed by atoms with Crippen molar-refractivity contribution in [2.45, 2.75) is 45.1 Å². The van der Waals surface area contributed by atoms with Gasteiger partial charge in [-0.05, 0) is 61.2 Å². The van der Waals surface area contributed by atoms with E-state index in [0.29, 0.717) is 0 Å². The van der Waals surface area contributed by atoms with E-state index in [9.17, 15) is 0 Å². The normalized spacial score (nSPS) is 16.8. The van der Waals surface area contributed by atoms with Gasteiger partial charge in [0.2, 0.25) is 5.95 Å². The summed E-state index contributed by atoms with van der Waals surface area (Å²) in [6, 6.07) is 13.0. The standard InChI is InChI=1S/C28H32N6O/c1-2-21-18-30-28(31-19-21)33-14-10-24(11-15-33)35-25-6-8-27(29-20-25)34-16-9-22-17-23(5-7-26(22)34)32-12-3-4-13-32/h5-9,16-20,24H,2-4,10-15H2,1H3. The first-order valence-corrected chi connectivity index (χ1v) is 12.8. The summed E-state index contributed by atoms with van der Waals surface area (Å²) in [5, 5.41) is 1.25. The maximum atomic E-state index is 6.26. The number of fused-ring (bicyclic) bond motifs is 1. The van der Waals surface area contributed by atoms with Crippen molar-refractivity contribution in [3.63, 3.8) is 0 Å². The fourth-order valence-electron chi connectivity index (χ4n) is 5.15. The minimum absolute atomic E-state index is 0.185. The van der Waals surface area contributed by atoms with E-state index >= 15 is 0 Å². The van der Waals surface area contributed by atoms with E-state index in [1.165, 1.54) is 35.0 Å². The molecule has 7 heteroatoms. The van der Waals surface area contributed by atoms with Gasteiger partial charge in [-0.15, -0.1) is 0 Å². The molecule has 0 atom stereocenters. The zero-order valence-electron chi connectivity index (χ0n) is 20.3. The number of aryl methyl sites for hydroxylation is 1. The predicted molar refractivity (Wildman–Crippen MR) is 140 cm³/mol. The molecule has 2 saturated heterocycles. The number of benzene rings is 1. The van der Waals surface area contributed by atoms with Crippen LogP contribution in [0.4, 0.5) is 11.6 Å². The summed E-state index contributed by atoms with van der Waals surface area (Å²) in [6.07, 6.45) is 13.4. The summed E-state index contributed by atoms with van der Waals surface area (Å²) in [5.74, 6) is 2.55. The van der Waals surface area contributed by atoms with Crippen molar-refractivity contribution in [2.75, 3.05) is 36.0 Å². The topological polar surface area (TPSA) is 59.3 Å². The molecule has 0 saturated carbocycles. The average Bonchev–Trinajstić information content (AvgIpc) is 3.60. The average molecular weight is 469 g/mol. The highest BCUT2D eigenvalue weighted by atomic mass is 16.5. The van der Waals surface area contributed by atoms with E-state index in [1.54, 1.807) is 0 Å². The zero-order valence-corrected chi connectivity index (χ0v) is 20.3. The highest BCUT2D eigenvalue weighted by Gasteiger charge is 2.22. The Morgan fingerprint density at radius 2 is 1.66 bits per heavy atom. The van der Waals surface area contributed by atoms with Crippen molar-refractivity contribution in [3.05, 3.63) is 66.7 Å². The molecule has 0 radical (unpaired) electrons. The molecule has 0 amide bonds. The lowest BCUT2D eigenvalue weighted by molar-refractivity contribution is 0.170. The molecule has 35 heavy (non-hydrogen) atoms. The van der Waals surface area contributed by atoms with Crippen molar-refractivity contribution in [1.82, 2.24) is 19.5 Å². The summed E-state index contributed by atoms with van der Waals surface area (Å²) in [4.78, 5) is 18.5. The smallest absolute Gasteiger partial charge is 0.225 e. The van der Waals surface area contributed by atoms with Gasteiger partial charge in [-0.2, -0.15) is 0 Å². The molecule has 5 heterocycles. The summed E-state index contributed by atoms with van der Waals surface area (Å²) in [7, 11) is 0. The predicted octanol–water partition coefficient (Wildman–Crippen LogP) is 5.03. The van der Waals surface area contributed by atoms with Crippen LogP contribution in [0.1, 0.15) is 38.2 Å². The van der Waals surface area contributed by atoms with E-state index in [-0.39, 0.29) is 6.10 Å². The summed E-state index contributed by atoms with van der Waals surface area (Å²) in [5.41, 5.74) is 3.67. The lowest BCUT2D eigenvalue weighted by atomic mass is 10.1. The van der Waals surface area contributed by atoms with Crippen LogP contribution >= 0.6 is 0 Å². The van der Waals surface area contributed by atoms with Crippen LogP contribution in [0.25, 0.3) is 16.7 Å². The number of aromatic nitrogens is 4. The molecule has 4 aromatic rings. The third-order valence-electron chi connectivity index (χ3n) is 7.24. The van der Waals surface area contributed by atoms with E-state index < -0.39 is 0 Å². The molecule has 1 aromatic carbocycles.